The van der Waals surface area contributed by atoms with Crippen LogP contribution in [0.25, 0.3) is 22.0 Å². The molecule has 0 atom stereocenters. The van der Waals surface area contributed by atoms with Crippen molar-refractivity contribution in [3.63, 3.8) is 0 Å². The zero-order valence-corrected chi connectivity index (χ0v) is 10.9. The van der Waals surface area contributed by atoms with Gasteiger partial charge in [0.2, 0.25) is 0 Å². The van der Waals surface area contributed by atoms with Crippen molar-refractivity contribution in [2.45, 2.75) is 6.92 Å². The van der Waals surface area contributed by atoms with Gasteiger partial charge in [0, 0.05) is 41.5 Å². The highest BCUT2D eigenvalue weighted by Gasteiger charge is 2.12. The number of aryl methyl sites for hydroxylation is 2. The van der Waals surface area contributed by atoms with Crippen molar-refractivity contribution in [2.24, 2.45) is 7.05 Å². The molecule has 0 saturated carbocycles. The van der Waals surface area contributed by atoms with Gasteiger partial charge in [0.05, 0.1) is 0 Å². The fourth-order valence-corrected chi connectivity index (χ4v) is 2.45. The van der Waals surface area contributed by atoms with Crippen LogP contribution >= 0.6 is 0 Å². The lowest BCUT2D eigenvalue weighted by Gasteiger charge is -2.02. The summed E-state index contributed by atoms with van der Waals surface area (Å²) in [6.07, 6.45) is 4.50. The lowest BCUT2D eigenvalue weighted by molar-refractivity contribution is 0.111. The minimum Gasteiger partial charge on any atom is -0.350 e. The van der Waals surface area contributed by atoms with Crippen LogP contribution < -0.4 is 0 Å². The molecule has 3 rings (SSSR count). The van der Waals surface area contributed by atoms with Gasteiger partial charge in [-0.15, -0.1) is 0 Å². The molecule has 3 aromatic rings. The third kappa shape index (κ3) is 1.83. The first-order valence-electron chi connectivity index (χ1n) is 6.17. The molecule has 94 valence electrons. The van der Waals surface area contributed by atoms with E-state index in [-0.39, 0.29) is 0 Å². The summed E-state index contributed by atoms with van der Waals surface area (Å²) in [4.78, 5) is 15.3. The van der Waals surface area contributed by atoms with Gasteiger partial charge in [-0.1, -0.05) is 18.2 Å². The Morgan fingerprint density at radius 3 is 2.84 bits per heavy atom. The maximum atomic E-state index is 11.1. The number of pyridine rings is 1. The first-order valence-corrected chi connectivity index (χ1v) is 6.17. The predicted molar refractivity (Wildman–Crippen MR) is 76.3 cm³/mol. The van der Waals surface area contributed by atoms with Crippen LogP contribution in [0.2, 0.25) is 0 Å². The molecule has 0 spiro atoms. The maximum Gasteiger partial charge on any atom is 0.169 e. The Hall–Kier alpha value is -2.42. The van der Waals surface area contributed by atoms with Crippen molar-refractivity contribution in [3.05, 3.63) is 54.0 Å². The molecule has 3 heteroatoms. The fourth-order valence-electron chi connectivity index (χ4n) is 2.45. The van der Waals surface area contributed by atoms with Crippen LogP contribution in [0, 0.1) is 6.92 Å². The van der Waals surface area contributed by atoms with E-state index in [1.54, 1.807) is 6.20 Å². The van der Waals surface area contributed by atoms with E-state index in [1.807, 2.05) is 25.4 Å². The molecule has 0 N–H and O–H groups in total. The van der Waals surface area contributed by atoms with Crippen molar-refractivity contribution in [1.29, 1.82) is 0 Å². The van der Waals surface area contributed by atoms with Crippen molar-refractivity contribution in [3.8, 4) is 11.1 Å². The molecule has 0 radical (unpaired) electrons. The third-order valence-corrected chi connectivity index (χ3v) is 3.39. The van der Waals surface area contributed by atoms with E-state index < -0.39 is 0 Å². The number of carbonyl (C=O) groups is 1. The largest absolute Gasteiger partial charge is 0.350 e. The summed E-state index contributed by atoms with van der Waals surface area (Å²) in [6, 6.07) is 10.1. The summed E-state index contributed by atoms with van der Waals surface area (Å²) in [5, 5.41) is 1.14. The molecule has 2 aromatic heterocycles. The molecular weight excluding hydrogens is 236 g/mol. The van der Waals surface area contributed by atoms with Crippen LogP contribution in [0.1, 0.15) is 16.1 Å². The van der Waals surface area contributed by atoms with Crippen LogP contribution in [0.4, 0.5) is 0 Å². The number of aromatic nitrogens is 2. The highest BCUT2D eigenvalue weighted by molar-refractivity contribution is 5.99. The number of rotatable bonds is 2. The van der Waals surface area contributed by atoms with E-state index >= 15 is 0 Å². The van der Waals surface area contributed by atoms with Gasteiger partial charge in [0.1, 0.15) is 5.69 Å². The number of benzene rings is 1. The van der Waals surface area contributed by atoms with Gasteiger partial charge in [-0.25, -0.2) is 0 Å². The van der Waals surface area contributed by atoms with Gasteiger partial charge in [-0.05, 0) is 24.6 Å². The molecule has 19 heavy (non-hydrogen) atoms. The molecule has 3 nitrogen and oxygen atoms in total. The molecule has 0 aliphatic carbocycles. The quantitative estimate of drug-likeness (QED) is 0.654. The minimum absolute atomic E-state index is 0.482. The molecule has 0 aliphatic rings. The Morgan fingerprint density at radius 1 is 1.21 bits per heavy atom. The van der Waals surface area contributed by atoms with Crippen LogP contribution in [0.15, 0.2) is 42.7 Å². The van der Waals surface area contributed by atoms with Gasteiger partial charge in [-0.3, -0.25) is 9.78 Å². The van der Waals surface area contributed by atoms with Crippen LogP contribution in [-0.2, 0) is 7.05 Å². The number of hydrogen-bond acceptors (Lipinski definition) is 2. The van der Waals surface area contributed by atoms with E-state index in [0.29, 0.717) is 5.69 Å². The number of nitrogens with zero attached hydrogens (tertiary/aromatic N) is 2. The SMILES string of the molecule is Cc1ccc2c(-c3cccnc3C=O)cn(C)c2c1. The molecule has 0 fully saturated rings. The van der Waals surface area contributed by atoms with Gasteiger partial charge >= 0.3 is 0 Å². The summed E-state index contributed by atoms with van der Waals surface area (Å²) < 4.78 is 2.08. The molecular formula is C16H14N2O. The lowest BCUT2D eigenvalue weighted by atomic mass is 10.0. The van der Waals surface area contributed by atoms with Gasteiger partial charge in [0.25, 0.3) is 0 Å². The summed E-state index contributed by atoms with van der Waals surface area (Å²) >= 11 is 0. The first kappa shape index (κ1) is 11.7. The summed E-state index contributed by atoms with van der Waals surface area (Å²) in [5.74, 6) is 0. The Morgan fingerprint density at radius 2 is 2.05 bits per heavy atom. The molecule has 0 unspecified atom stereocenters. The average Bonchev–Trinajstić information content (AvgIpc) is 2.75. The van der Waals surface area contributed by atoms with E-state index in [4.69, 9.17) is 0 Å². The van der Waals surface area contributed by atoms with E-state index in [0.717, 1.165) is 28.3 Å². The average molecular weight is 250 g/mol. The molecule has 2 heterocycles. The number of hydrogen-bond donors (Lipinski definition) is 0. The normalized spacial score (nSPS) is 10.8. The zero-order valence-electron chi connectivity index (χ0n) is 10.9. The van der Waals surface area contributed by atoms with E-state index in [9.17, 15) is 4.79 Å². The standard InChI is InChI=1S/C16H14N2O/c1-11-5-6-13-14(9-18(2)16(13)8-11)12-4-3-7-17-15(12)10-19/h3-10H,1-2H3. The van der Waals surface area contributed by atoms with Crippen LogP contribution in [-0.4, -0.2) is 15.8 Å². The Bertz CT molecular complexity index is 772. The highest BCUT2D eigenvalue weighted by Crippen LogP contribution is 2.31. The smallest absolute Gasteiger partial charge is 0.169 e. The Labute approximate surface area is 111 Å². The second-order valence-electron chi connectivity index (χ2n) is 4.73. The fraction of sp³-hybridized carbons (Fsp3) is 0.125. The zero-order chi connectivity index (χ0) is 13.4. The molecule has 0 saturated heterocycles. The van der Waals surface area contributed by atoms with Crippen LogP contribution in [0.3, 0.4) is 0 Å². The molecule has 0 amide bonds. The topological polar surface area (TPSA) is 34.9 Å². The summed E-state index contributed by atoms with van der Waals surface area (Å²) in [7, 11) is 2.02. The molecule has 0 aliphatic heterocycles. The monoisotopic (exact) mass is 250 g/mol. The minimum atomic E-state index is 0.482. The molecule has 0 bridgehead atoms. The second kappa shape index (κ2) is 4.35. The molecule has 1 aromatic carbocycles. The van der Waals surface area contributed by atoms with Crippen molar-refractivity contribution in [1.82, 2.24) is 9.55 Å². The van der Waals surface area contributed by atoms with Crippen molar-refractivity contribution >= 4 is 17.2 Å². The van der Waals surface area contributed by atoms with Crippen molar-refractivity contribution in [2.75, 3.05) is 0 Å². The lowest BCUT2D eigenvalue weighted by Crippen LogP contribution is -1.90. The summed E-state index contributed by atoms with van der Waals surface area (Å²) in [5.41, 5.74) is 4.80. The van der Waals surface area contributed by atoms with Crippen molar-refractivity contribution < 1.29 is 4.79 Å². The summed E-state index contributed by atoms with van der Waals surface area (Å²) in [6.45, 7) is 2.08. The predicted octanol–water partition coefficient (Wildman–Crippen LogP) is 3.36. The third-order valence-electron chi connectivity index (χ3n) is 3.39. The number of carbonyl (C=O) groups excluding carboxylic acids is 1. The maximum absolute atomic E-state index is 11.1. The second-order valence-corrected chi connectivity index (χ2v) is 4.73. The Balaban J connectivity index is 2.34. The highest BCUT2D eigenvalue weighted by atomic mass is 16.1. The first-order chi connectivity index (χ1) is 9.20. The van der Waals surface area contributed by atoms with Gasteiger partial charge < -0.3 is 4.57 Å². The van der Waals surface area contributed by atoms with E-state index in [2.05, 4.69) is 34.7 Å². The van der Waals surface area contributed by atoms with Crippen LogP contribution in [0.5, 0.6) is 0 Å². The number of fused-ring (bicyclic) bond motifs is 1. The van der Waals surface area contributed by atoms with Gasteiger partial charge in [-0.2, -0.15) is 0 Å². The van der Waals surface area contributed by atoms with E-state index in [1.165, 1.54) is 5.56 Å². The number of aldehydes is 1. The Kier molecular flexibility index (Phi) is 2.67. The van der Waals surface area contributed by atoms with Gasteiger partial charge in [0.15, 0.2) is 6.29 Å².